The van der Waals surface area contributed by atoms with E-state index in [1.54, 1.807) is 6.92 Å². The number of thiazole rings is 1. The summed E-state index contributed by atoms with van der Waals surface area (Å²) in [7, 11) is 0. The Bertz CT molecular complexity index is 654. The summed E-state index contributed by atoms with van der Waals surface area (Å²) in [6, 6.07) is 4.02. The molecule has 5 nitrogen and oxygen atoms in total. The Kier molecular flexibility index (Phi) is 3.57. The van der Waals surface area contributed by atoms with Gasteiger partial charge in [-0.1, -0.05) is 6.07 Å². The van der Waals surface area contributed by atoms with E-state index in [4.69, 9.17) is 5.11 Å². The van der Waals surface area contributed by atoms with Crippen molar-refractivity contribution in [3.8, 4) is 0 Å². The fourth-order valence-electron chi connectivity index (χ4n) is 1.38. The summed E-state index contributed by atoms with van der Waals surface area (Å²) in [5.74, 6) is -2.23. The fraction of sp³-hybridized carbons (Fsp3) is 0.0833. The summed E-state index contributed by atoms with van der Waals surface area (Å²) in [5, 5.41) is 12.5. The van der Waals surface area contributed by atoms with Gasteiger partial charge in [0.05, 0.1) is 0 Å². The number of hydrogen-bond donors (Lipinski definition) is 2. The molecule has 0 saturated heterocycles. The van der Waals surface area contributed by atoms with E-state index in [0.717, 1.165) is 11.3 Å². The third-order valence-electron chi connectivity index (χ3n) is 2.37. The highest BCUT2D eigenvalue weighted by atomic mass is 32.1. The van der Waals surface area contributed by atoms with Crippen LogP contribution in [0.4, 0.5) is 10.1 Å². The lowest BCUT2D eigenvalue weighted by Crippen LogP contribution is -2.13. The number of amides is 1. The van der Waals surface area contributed by atoms with Crippen LogP contribution in [-0.4, -0.2) is 22.0 Å². The van der Waals surface area contributed by atoms with Crippen LogP contribution >= 0.6 is 11.3 Å². The van der Waals surface area contributed by atoms with E-state index in [0.29, 0.717) is 11.3 Å². The standard InChI is InChI=1S/C12H9FN2O3S/c1-6-2-3-7(13)4-8(6)14-10(16)11-15-9(5-19-11)12(17)18/h2-5H,1H3,(H,14,16)(H,17,18). The van der Waals surface area contributed by atoms with Crippen molar-refractivity contribution in [2.45, 2.75) is 6.92 Å². The highest BCUT2D eigenvalue weighted by Crippen LogP contribution is 2.18. The molecule has 1 amide bonds. The van der Waals surface area contributed by atoms with Crippen LogP contribution in [0.3, 0.4) is 0 Å². The number of nitrogens with zero attached hydrogens (tertiary/aromatic N) is 1. The quantitative estimate of drug-likeness (QED) is 0.905. The molecule has 98 valence electrons. The number of aryl methyl sites for hydroxylation is 1. The van der Waals surface area contributed by atoms with Gasteiger partial charge < -0.3 is 10.4 Å². The fourth-order valence-corrected chi connectivity index (χ4v) is 2.07. The Morgan fingerprint density at radius 3 is 2.79 bits per heavy atom. The van der Waals surface area contributed by atoms with Gasteiger partial charge in [-0.05, 0) is 24.6 Å². The number of carbonyl (C=O) groups excluding carboxylic acids is 1. The Balaban J connectivity index is 2.20. The minimum atomic E-state index is -1.20. The summed E-state index contributed by atoms with van der Waals surface area (Å²) in [5.41, 5.74) is 0.841. The monoisotopic (exact) mass is 280 g/mol. The first-order chi connectivity index (χ1) is 8.97. The molecule has 0 bridgehead atoms. The number of carboxylic acid groups (broad SMARTS) is 1. The topological polar surface area (TPSA) is 79.3 Å². The van der Waals surface area contributed by atoms with Crippen LogP contribution in [0.1, 0.15) is 25.9 Å². The van der Waals surface area contributed by atoms with E-state index in [2.05, 4.69) is 10.3 Å². The second-order valence-corrected chi connectivity index (χ2v) is 4.61. The highest BCUT2D eigenvalue weighted by molar-refractivity contribution is 7.12. The molecule has 0 unspecified atom stereocenters. The number of rotatable bonds is 3. The minimum Gasteiger partial charge on any atom is -0.476 e. The molecule has 2 rings (SSSR count). The molecule has 19 heavy (non-hydrogen) atoms. The summed E-state index contributed by atoms with van der Waals surface area (Å²) in [4.78, 5) is 26.2. The van der Waals surface area contributed by atoms with E-state index in [1.807, 2.05) is 0 Å². The molecular formula is C12H9FN2O3S. The first kappa shape index (κ1) is 13.2. The van der Waals surface area contributed by atoms with Crippen molar-refractivity contribution in [1.82, 2.24) is 4.98 Å². The van der Waals surface area contributed by atoms with Crippen LogP contribution < -0.4 is 5.32 Å². The van der Waals surface area contributed by atoms with Gasteiger partial charge in [-0.3, -0.25) is 4.79 Å². The van der Waals surface area contributed by atoms with Crippen molar-refractivity contribution in [3.05, 3.63) is 45.7 Å². The van der Waals surface area contributed by atoms with E-state index >= 15 is 0 Å². The van der Waals surface area contributed by atoms with Crippen molar-refractivity contribution in [2.75, 3.05) is 5.32 Å². The van der Waals surface area contributed by atoms with Gasteiger partial charge >= 0.3 is 5.97 Å². The molecular weight excluding hydrogens is 271 g/mol. The molecule has 0 aliphatic heterocycles. The normalized spacial score (nSPS) is 10.2. The van der Waals surface area contributed by atoms with Gasteiger partial charge in [-0.2, -0.15) is 0 Å². The van der Waals surface area contributed by atoms with Gasteiger partial charge in [0.1, 0.15) is 5.82 Å². The number of aromatic nitrogens is 1. The van der Waals surface area contributed by atoms with Crippen molar-refractivity contribution < 1.29 is 19.1 Å². The van der Waals surface area contributed by atoms with Crippen LogP contribution in [0, 0.1) is 12.7 Å². The molecule has 0 fully saturated rings. The lowest BCUT2D eigenvalue weighted by Gasteiger charge is -2.06. The van der Waals surface area contributed by atoms with Gasteiger partial charge in [-0.25, -0.2) is 14.2 Å². The molecule has 2 N–H and O–H groups in total. The summed E-state index contributed by atoms with van der Waals surface area (Å²) in [6.45, 7) is 1.72. The summed E-state index contributed by atoms with van der Waals surface area (Å²) in [6.07, 6.45) is 0. The molecule has 1 aromatic carbocycles. The maximum atomic E-state index is 13.1. The first-order valence-electron chi connectivity index (χ1n) is 5.23. The van der Waals surface area contributed by atoms with Gasteiger partial charge in [0, 0.05) is 11.1 Å². The summed E-state index contributed by atoms with van der Waals surface area (Å²) >= 11 is 0.918. The average Bonchev–Trinajstić information content (AvgIpc) is 2.83. The number of anilines is 1. The van der Waals surface area contributed by atoms with Crippen LogP contribution in [0.25, 0.3) is 0 Å². The van der Waals surface area contributed by atoms with Gasteiger partial charge in [0.25, 0.3) is 5.91 Å². The average molecular weight is 280 g/mol. The zero-order chi connectivity index (χ0) is 14.0. The molecule has 7 heteroatoms. The summed E-state index contributed by atoms with van der Waals surface area (Å²) < 4.78 is 13.1. The SMILES string of the molecule is Cc1ccc(F)cc1NC(=O)c1nc(C(=O)O)cs1. The number of halogens is 1. The zero-order valence-corrected chi connectivity index (χ0v) is 10.6. The predicted octanol–water partition coefficient (Wildman–Crippen LogP) is 2.54. The lowest BCUT2D eigenvalue weighted by atomic mass is 10.2. The molecule has 2 aromatic rings. The Morgan fingerprint density at radius 1 is 1.42 bits per heavy atom. The van der Waals surface area contributed by atoms with Gasteiger partial charge in [0.2, 0.25) is 0 Å². The Labute approximate surface area is 111 Å². The van der Waals surface area contributed by atoms with Crippen molar-refractivity contribution >= 4 is 28.9 Å². The minimum absolute atomic E-state index is 0.0149. The second kappa shape index (κ2) is 5.15. The first-order valence-corrected chi connectivity index (χ1v) is 6.11. The second-order valence-electron chi connectivity index (χ2n) is 3.76. The van der Waals surface area contributed by atoms with E-state index in [-0.39, 0.29) is 10.7 Å². The van der Waals surface area contributed by atoms with Gasteiger partial charge in [-0.15, -0.1) is 11.3 Å². The number of nitrogens with one attached hydrogen (secondary N) is 1. The van der Waals surface area contributed by atoms with Crippen LogP contribution in [0.2, 0.25) is 0 Å². The maximum absolute atomic E-state index is 13.1. The number of carbonyl (C=O) groups is 2. The van der Waals surface area contributed by atoms with E-state index < -0.39 is 17.7 Å². The van der Waals surface area contributed by atoms with Crippen molar-refractivity contribution in [3.63, 3.8) is 0 Å². The van der Waals surface area contributed by atoms with Crippen LogP contribution in [0.5, 0.6) is 0 Å². The van der Waals surface area contributed by atoms with E-state index in [1.165, 1.54) is 23.6 Å². The molecule has 0 saturated carbocycles. The van der Waals surface area contributed by atoms with Gasteiger partial charge in [0.15, 0.2) is 10.7 Å². The number of carboxylic acids is 1. The Morgan fingerprint density at radius 2 is 2.16 bits per heavy atom. The third kappa shape index (κ3) is 2.94. The predicted molar refractivity (Wildman–Crippen MR) is 68.2 cm³/mol. The number of aromatic carboxylic acids is 1. The Hall–Kier alpha value is -2.28. The molecule has 1 heterocycles. The van der Waals surface area contributed by atoms with Crippen molar-refractivity contribution in [1.29, 1.82) is 0 Å². The largest absolute Gasteiger partial charge is 0.476 e. The molecule has 0 aliphatic carbocycles. The molecule has 0 aliphatic rings. The van der Waals surface area contributed by atoms with Crippen LogP contribution in [-0.2, 0) is 0 Å². The zero-order valence-electron chi connectivity index (χ0n) is 9.81. The smallest absolute Gasteiger partial charge is 0.355 e. The van der Waals surface area contributed by atoms with Crippen molar-refractivity contribution in [2.24, 2.45) is 0 Å². The molecule has 1 aromatic heterocycles. The third-order valence-corrected chi connectivity index (χ3v) is 3.21. The maximum Gasteiger partial charge on any atom is 0.355 e. The number of benzene rings is 1. The molecule has 0 radical (unpaired) electrons. The lowest BCUT2D eigenvalue weighted by molar-refractivity contribution is 0.0691. The van der Waals surface area contributed by atoms with E-state index in [9.17, 15) is 14.0 Å². The number of hydrogen-bond acceptors (Lipinski definition) is 4. The van der Waals surface area contributed by atoms with Crippen LogP contribution in [0.15, 0.2) is 23.6 Å². The molecule has 0 atom stereocenters. The highest BCUT2D eigenvalue weighted by Gasteiger charge is 2.15. The molecule has 0 spiro atoms.